The van der Waals surface area contributed by atoms with E-state index in [1.165, 1.54) is 0 Å². The maximum absolute atomic E-state index is 12.5. The number of nitrogens with two attached hydrogens (primary N) is 1. The molecular weight excluding hydrogens is 236 g/mol. The molecule has 0 spiro atoms. The van der Waals surface area contributed by atoms with Crippen LogP contribution < -0.4 is 5.73 Å². The van der Waals surface area contributed by atoms with Gasteiger partial charge in [-0.1, -0.05) is 12.1 Å². The number of aryl methyl sites for hydroxylation is 1. The quantitative estimate of drug-likeness (QED) is 0.836. The van der Waals surface area contributed by atoms with Crippen LogP contribution in [0.15, 0.2) is 42.6 Å². The van der Waals surface area contributed by atoms with Crippen molar-refractivity contribution in [3.63, 3.8) is 0 Å². The number of hydrogen-bond donors (Lipinski definition) is 1. The van der Waals surface area contributed by atoms with Gasteiger partial charge in [-0.3, -0.25) is 9.78 Å². The second-order valence-electron chi connectivity index (χ2n) is 5.04. The summed E-state index contributed by atoms with van der Waals surface area (Å²) >= 11 is 0. The minimum absolute atomic E-state index is 0.0317. The van der Waals surface area contributed by atoms with Gasteiger partial charge in [-0.15, -0.1) is 0 Å². The van der Waals surface area contributed by atoms with Crippen LogP contribution in [0.3, 0.4) is 0 Å². The van der Waals surface area contributed by atoms with Gasteiger partial charge in [0.05, 0.1) is 0 Å². The molecule has 0 amide bonds. The minimum Gasteiger partial charge on any atom is -0.399 e. The molecule has 1 aromatic carbocycles. The number of nitrogen functional groups attached to an aromatic ring is 1. The summed E-state index contributed by atoms with van der Waals surface area (Å²) in [6, 6.07) is 11.5. The molecule has 3 nitrogen and oxygen atoms in total. The fourth-order valence-electron chi connectivity index (χ4n) is 2.69. The molecule has 2 aromatic rings. The van der Waals surface area contributed by atoms with Crippen LogP contribution in [-0.4, -0.2) is 10.8 Å². The van der Waals surface area contributed by atoms with Crippen molar-refractivity contribution in [1.82, 2.24) is 4.98 Å². The van der Waals surface area contributed by atoms with Crippen LogP contribution in [0, 0.1) is 5.92 Å². The molecule has 96 valence electrons. The molecule has 1 aliphatic rings. The highest BCUT2D eigenvalue weighted by Crippen LogP contribution is 2.28. The highest BCUT2D eigenvalue weighted by Gasteiger charge is 2.27. The zero-order valence-corrected chi connectivity index (χ0v) is 10.7. The summed E-state index contributed by atoms with van der Waals surface area (Å²) in [6.07, 6.45) is 4.33. The predicted octanol–water partition coefficient (Wildman–Crippen LogP) is 2.65. The van der Waals surface area contributed by atoms with Crippen molar-refractivity contribution < 1.29 is 4.79 Å². The zero-order chi connectivity index (χ0) is 13.2. The molecule has 0 aliphatic heterocycles. The average molecular weight is 252 g/mol. The first-order valence-corrected chi connectivity index (χ1v) is 6.56. The first-order chi connectivity index (χ1) is 9.24. The lowest BCUT2D eigenvalue weighted by molar-refractivity contribution is 0.0900. The van der Waals surface area contributed by atoms with E-state index in [0.29, 0.717) is 12.1 Å². The van der Waals surface area contributed by atoms with Crippen LogP contribution in [0.25, 0.3) is 0 Å². The number of Topliss-reactive ketones (excluding diaryl/α,β-unsaturated/α-hetero) is 1. The third kappa shape index (κ3) is 2.36. The number of anilines is 1. The number of carbonyl (C=O) groups is 1. The first-order valence-electron chi connectivity index (χ1n) is 6.56. The summed E-state index contributed by atoms with van der Waals surface area (Å²) in [4.78, 5) is 16.8. The number of ketones is 1. The third-order valence-corrected chi connectivity index (χ3v) is 3.71. The lowest BCUT2D eigenvalue weighted by atomic mass is 9.80. The van der Waals surface area contributed by atoms with Gasteiger partial charge in [0.1, 0.15) is 0 Å². The highest BCUT2D eigenvalue weighted by atomic mass is 16.1. The molecule has 1 aromatic heterocycles. The SMILES string of the molecule is Nc1ccc2c(c1)C(=O)C(Cc1ccccn1)CC2. The van der Waals surface area contributed by atoms with Gasteiger partial charge in [-0.25, -0.2) is 0 Å². The molecule has 0 bridgehead atoms. The third-order valence-electron chi connectivity index (χ3n) is 3.71. The van der Waals surface area contributed by atoms with Crippen molar-refractivity contribution in [3.05, 3.63) is 59.4 Å². The number of pyridine rings is 1. The molecule has 1 heterocycles. The van der Waals surface area contributed by atoms with Gasteiger partial charge < -0.3 is 5.73 Å². The first kappa shape index (κ1) is 11.9. The maximum Gasteiger partial charge on any atom is 0.166 e. The Morgan fingerprint density at radius 3 is 2.95 bits per heavy atom. The topological polar surface area (TPSA) is 56.0 Å². The van der Waals surface area contributed by atoms with Gasteiger partial charge in [-0.05, 0) is 49.1 Å². The van der Waals surface area contributed by atoms with E-state index in [-0.39, 0.29) is 11.7 Å². The van der Waals surface area contributed by atoms with Gasteiger partial charge >= 0.3 is 0 Å². The Bertz CT molecular complexity index is 607. The summed E-state index contributed by atoms with van der Waals surface area (Å²) in [6.45, 7) is 0. The van der Waals surface area contributed by atoms with E-state index in [2.05, 4.69) is 4.98 Å². The molecule has 0 fully saturated rings. The fraction of sp³-hybridized carbons (Fsp3) is 0.250. The summed E-state index contributed by atoms with van der Waals surface area (Å²) in [5.74, 6) is 0.239. The average Bonchev–Trinajstić information content (AvgIpc) is 2.44. The molecule has 0 saturated heterocycles. The lowest BCUT2D eigenvalue weighted by Gasteiger charge is -2.23. The van der Waals surface area contributed by atoms with Crippen LogP contribution in [0.5, 0.6) is 0 Å². The second-order valence-corrected chi connectivity index (χ2v) is 5.04. The van der Waals surface area contributed by atoms with Gasteiger partial charge in [0.2, 0.25) is 0 Å². The summed E-state index contributed by atoms with van der Waals surface area (Å²) < 4.78 is 0. The van der Waals surface area contributed by atoms with Crippen molar-refractivity contribution in [1.29, 1.82) is 0 Å². The maximum atomic E-state index is 12.5. The normalized spacial score (nSPS) is 18.1. The second kappa shape index (κ2) is 4.84. The molecular formula is C16H16N2O. The monoisotopic (exact) mass is 252 g/mol. The van der Waals surface area contributed by atoms with Crippen molar-refractivity contribution in [3.8, 4) is 0 Å². The molecule has 0 saturated carbocycles. The van der Waals surface area contributed by atoms with E-state index in [9.17, 15) is 4.79 Å². The molecule has 1 aliphatic carbocycles. The Kier molecular flexibility index (Phi) is 3.03. The molecule has 0 radical (unpaired) electrons. The van der Waals surface area contributed by atoms with Crippen molar-refractivity contribution in [2.45, 2.75) is 19.3 Å². The van der Waals surface area contributed by atoms with Gasteiger partial charge in [0.25, 0.3) is 0 Å². The van der Waals surface area contributed by atoms with Gasteiger partial charge in [-0.2, -0.15) is 0 Å². The Morgan fingerprint density at radius 2 is 2.16 bits per heavy atom. The lowest BCUT2D eigenvalue weighted by Crippen LogP contribution is -2.24. The highest BCUT2D eigenvalue weighted by molar-refractivity contribution is 6.01. The Morgan fingerprint density at radius 1 is 1.26 bits per heavy atom. The summed E-state index contributed by atoms with van der Waals surface area (Å²) in [7, 11) is 0. The zero-order valence-electron chi connectivity index (χ0n) is 10.7. The standard InChI is InChI=1S/C16H16N2O/c17-13-7-6-11-4-5-12(16(19)15(11)10-13)9-14-3-1-2-8-18-14/h1-3,6-8,10,12H,4-5,9,17H2. The molecule has 3 rings (SSSR count). The van der Waals surface area contributed by atoms with Crippen molar-refractivity contribution in [2.24, 2.45) is 5.92 Å². The van der Waals surface area contributed by atoms with E-state index >= 15 is 0 Å². The smallest absolute Gasteiger partial charge is 0.166 e. The summed E-state index contributed by atoms with van der Waals surface area (Å²) in [5, 5.41) is 0. The number of carbonyl (C=O) groups excluding carboxylic acids is 1. The van der Waals surface area contributed by atoms with Gasteiger partial charge in [0.15, 0.2) is 5.78 Å². The predicted molar refractivity (Wildman–Crippen MR) is 74.9 cm³/mol. The number of nitrogens with zero attached hydrogens (tertiary/aromatic N) is 1. The van der Waals surface area contributed by atoms with E-state index in [0.717, 1.165) is 29.7 Å². The number of aromatic nitrogens is 1. The Labute approximate surface area is 112 Å². The van der Waals surface area contributed by atoms with E-state index in [1.807, 2.05) is 36.4 Å². The Hall–Kier alpha value is -2.16. The molecule has 19 heavy (non-hydrogen) atoms. The number of rotatable bonds is 2. The number of benzene rings is 1. The van der Waals surface area contributed by atoms with Crippen LogP contribution >= 0.6 is 0 Å². The van der Waals surface area contributed by atoms with Crippen LogP contribution in [0.2, 0.25) is 0 Å². The molecule has 1 atom stereocenters. The van der Waals surface area contributed by atoms with Crippen molar-refractivity contribution >= 4 is 11.5 Å². The van der Waals surface area contributed by atoms with E-state index in [1.54, 1.807) is 6.20 Å². The minimum atomic E-state index is 0.0317. The largest absolute Gasteiger partial charge is 0.399 e. The molecule has 2 N–H and O–H groups in total. The van der Waals surface area contributed by atoms with Crippen LogP contribution in [0.4, 0.5) is 5.69 Å². The fourth-order valence-corrected chi connectivity index (χ4v) is 2.69. The van der Waals surface area contributed by atoms with E-state index < -0.39 is 0 Å². The van der Waals surface area contributed by atoms with Gasteiger partial charge in [0, 0.05) is 29.1 Å². The van der Waals surface area contributed by atoms with E-state index in [4.69, 9.17) is 5.73 Å². The number of hydrogen-bond acceptors (Lipinski definition) is 3. The van der Waals surface area contributed by atoms with Crippen molar-refractivity contribution in [2.75, 3.05) is 5.73 Å². The van der Waals surface area contributed by atoms with Crippen LogP contribution in [-0.2, 0) is 12.8 Å². The Balaban J connectivity index is 1.85. The van der Waals surface area contributed by atoms with Crippen LogP contribution in [0.1, 0.15) is 28.0 Å². The number of fused-ring (bicyclic) bond motifs is 1. The molecule has 1 unspecified atom stereocenters. The molecule has 3 heteroatoms. The summed E-state index contributed by atoms with van der Waals surface area (Å²) in [5.41, 5.74) is 9.34.